The van der Waals surface area contributed by atoms with Crippen LogP contribution in [-0.2, 0) is 15.7 Å². The van der Waals surface area contributed by atoms with Crippen molar-refractivity contribution in [3.63, 3.8) is 0 Å². The van der Waals surface area contributed by atoms with Gasteiger partial charge in [0.25, 0.3) is 0 Å². The van der Waals surface area contributed by atoms with E-state index in [0.29, 0.717) is 17.0 Å². The van der Waals surface area contributed by atoms with Crippen molar-refractivity contribution in [2.45, 2.75) is 19.3 Å². The van der Waals surface area contributed by atoms with Gasteiger partial charge in [0.05, 0.1) is 25.5 Å². The molecule has 0 aliphatic rings. The minimum absolute atomic E-state index is 0.0675. The average Bonchev–Trinajstić information content (AvgIpc) is 3.10. The van der Waals surface area contributed by atoms with Crippen LogP contribution in [0.5, 0.6) is 5.75 Å². The summed E-state index contributed by atoms with van der Waals surface area (Å²) in [5.41, 5.74) is 0.0919. The fraction of sp³-hybridized carbons (Fsp3) is 0.375. The van der Waals surface area contributed by atoms with E-state index in [-0.39, 0.29) is 10.6 Å². The first kappa shape index (κ1) is 20.0. The Hall–Kier alpha value is -2.33. The highest BCUT2D eigenvalue weighted by Gasteiger charge is 2.35. The Labute approximate surface area is 151 Å². The summed E-state index contributed by atoms with van der Waals surface area (Å²) in [7, 11) is 4.02. The standard InChI is InChI=1S/C16H17F3N2O4S/c1-8-10(23-2)6-5-9(15(22)25-4)12(8)21-13(24-3)14-20-11(7-26-14)16(17,18)19/h5-7,13,21H,1-4H3. The van der Waals surface area contributed by atoms with E-state index in [4.69, 9.17) is 14.2 Å². The van der Waals surface area contributed by atoms with Gasteiger partial charge in [-0.3, -0.25) is 0 Å². The number of esters is 1. The van der Waals surface area contributed by atoms with E-state index >= 15 is 0 Å². The zero-order valence-corrected chi connectivity index (χ0v) is 15.2. The van der Waals surface area contributed by atoms with Crippen molar-refractivity contribution in [1.82, 2.24) is 4.98 Å². The van der Waals surface area contributed by atoms with Crippen LogP contribution in [0.15, 0.2) is 17.5 Å². The molecule has 0 saturated heterocycles. The number of anilines is 1. The molecule has 0 radical (unpaired) electrons. The largest absolute Gasteiger partial charge is 0.496 e. The lowest BCUT2D eigenvalue weighted by Crippen LogP contribution is -2.17. The van der Waals surface area contributed by atoms with E-state index in [1.54, 1.807) is 13.0 Å². The van der Waals surface area contributed by atoms with Crippen LogP contribution in [0.3, 0.4) is 0 Å². The van der Waals surface area contributed by atoms with Crippen LogP contribution in [0.2, 0.25) is 0 Å². The summed E-state index contributed by atoms with van der Waals surface area (Å²) in [6.07, 6.45) is -5.54. The molecule has 1 unspecified atom stereocenters. The average molecular weight is 390 g/mol. The molecule has 6 nitrogen and oxygen atoms in total. The number of alkyl halides is 3. The third-order valence-corrected chi connectivity index (χ3v) is 4.48. The number of nitrogens with one attached hydrogen (secondary N) is 1. The molecular weight excluding hydrogens is 373 g/mol. The lowest BCUT2D eigenvalue weighted by atomic mass is 10.1. The highest BCUT2D eigenvalue weighted by molar-refractivity contribution is 7.09. The molecule has 1 heterocycles. The van der Waals surface area contributed by atoms with E-state index in [0.717, 1.165) is 16.7 Å². The Morgan fingerprint density at radius 3 is 2.46 bits per heavy atom. The number of benzene rings is 1. The maximum absolute atomic E-state index is 12.8. The number of carbonyl (C=O) groups is 1. The molecule has 26 heavy (non-hydrogen) atoms. The number of halogens is 3. The van der Waals surface area contributed by atoms with Gasteiger partial charge in [-0.1, -0.05) is 0 Å². The van der Waals surface area contributed by atoms with Crippen molar-refractivity contribution in [1.29, 1.82) is 0 Å². The van der Waals surface area contributed by atoms with Gasteiger partial charge >= 0.3 is 12.1 Å². The SMILES string of the molecule is COC(=O)c1ccc(OC)c(C)c1NC(OC)c1nc(C(F)(F)F)cs1. The predicted octanol–water partition coefficient (Wildman–Crippen LogP) is 4.02. The van der Waals surface area contributed by atoms with Crippen molar-refractivity contribution in [2.24, 2.45) is 0 Å². The number of methoxy groups -OCH3 is 3. The molecule has 0 fully saturated rings. The van der Waals surface area contributed by atoms with Crippen molar-refractivity contribution >= 4 is 23.0 Å². The maximum Gasteiger partial charge on any atom is 0.434 e. The number of ether oxygens (including phenoxy) is 3. The Balaban J connectivity index is 2.43. The Morgan fingerprint density at radius 1 is 1.27 bits per heavy atom. The van der Waals surface area contributed by atoms with E-state index in [1.807, 2.05) is 0 Å². The van der Waals surface area contributed by atoms with Crippen molar-refractivity contribution in [2.75, 3.05) is 26.6 Å². The van der Waals surface area contributed by atoms with E-state index in [2.05, 4.69) is 10.3 Å². The van der Waals surface area contributed by atoms with Crippen LogP contribution in [-0.4, -0.2) is 32.3 Å². The molecule has 1 N–H and O–H groups in total. The van der Waals surface area contributed by atoms with Gasteiger partial charge in [-0.25, -0.2) is 9.78 Å². The Kier molecular flexibility index (Phi) is 6.09. The lowest BCUT2D eigenvalue weighted by molar-refractivity contribution is -0.140. The summed E-state index contributed by atoms with van der Waals surface area (Å²) in [4.78, 5) is 15.6. The summed E-state index contributed by atoms with van der Waals surface area (Å²) in [6, 6.07) is 3.09. The number of hydrogen-bond donors (Lipinski definition) is 1. The minimum Gasteiger partial charge on any atom is -0.496 e. The molecular formula is C16H17F3N2O4S. The topological polar surface area (TPSA) is 69.7 Å². The van der Waals surface area contributed by atoms with Crippen LogP contribution in [0, 0.1) is 6.92 Å². The summed E-state index contributed by atoms with van der Waals surface area (Å²) >= 11 is 0.798. The maximum atomic E-state index is 12.8. The molecule has 1 atom stereocenters. The number of carbonyl (C=O) groups excluding carboxylic acids is 1. The molecule has 142 valence electrons. The molecule has 1 aromatic carbocycles. The lowest BCUT2D eigenvalue weighted by Gasteiger charge is -2.21. The van der Waals surface area contributed by atoms with Crippen LogP contribution in [0.1, 0.15) is 32.9 Å². The molecule has 2 rings (SSSR count). The van der Waals surface area contributed by atoms with Gasteiger partial charge in [-0.15, -0.1) is 11.3 Å². The van der Waals surface area contributed by atoms with Gasteiger partial charge in [0.15, 0.2) is 11.9 Å². The molecule has 2 aromatic rings. The van der Waals surface area contributed by atoms with Crippen molar-refractivity contribution in [3.05, 3.63) is 39.3 Å². The van der Waals surface area contributed by atoms with E-state index in [9.17, 15) is 18.0 Å². The second-order valence-corrected chi connectivity index (χ2v) is 6.03. The molecule has 1 aromatic heterocycles. The molecule has 0 spiro atoms. The third kappa shape index (κ3) is 4.07. The van der Waals surface area contributed by atoms with E-state index in [1.165, 1.54) is 27.4 Å². The van der Waals surface area contributed by atoms with Crippen LogP contribution < -0.4 is 10.1 Å². The van der Waals surface area contributed by atoms with Gasteiger partial charge in [-0.2, -0.15) is 13.2 Å². The van der Waals surface area contributed by atoms with Crippen molar-refractivity contribution in [3.8, 4) is 5.75 Å². The van der Waals surface area contributed by atoms with Gasteiger partial charge < -0.3 is 19.5 Å². The zero-order valence-electron chi connectivity index (χ0n) is 14.4. The third-order valence-electron chi connectivity index (χ3n) is 3.59. The van der Waals surface area contributed by atoms with Gasteiger partial charge in [0.2, 0.25) is 0 Å². The molecule has 10 heteroatoms. The first-order valence-electron chi connectivity index (χ1n) is 7.30. The van der Waals surface area contributed by atoms with Crippen LogP contribution >= 0.6 is 11.3 Å². The predicted molar refractivity (Wildman–Crippen MR) is 89.6 cm³/mol. The first-order chi connectivity index (χ1) is 12.2. The number of aromatic nitrogens is 1. The highest BCUT2D eigenvalue weighted by atomic mass is 32.1. The highest BCUT2D eigenvalue weighted by Crippen LogP contribution is 2.35. The molecule has 0 saturated carbocycles. The Morgan fingerprint density at radius 2 is 1.96 bits per heavy atom. The van der Waals surface area contributed by atoms with Crippen molar-refractivity contribution < 1.29 is 32.2 Å². The fourth-order valence-corrected chi connectivity index (χ4v) is 3.12. The number of thiazole rings is 1. The molecule has 0 amide bonds. The smallest absolute Gasteiger partial charge is 0.434 e. The minimum atomic E-state index is -4.55. The quantitative estimate of drug-likeness (QED) is 0.593. The van der Waals surface area contributed by atoms with Gasteiger partial charge in [0.1, 0.15) is 10.8 Å². The van der Waals surface area contributed by atoms with Gasteiger partial charge in [-0.05, 0) is 19.1 Å². The van der Waals surface area contributed by atoms with E-state index < -0.39 is 24.1 Å². The molecule has 0 aliphatic heterocycles. The summed E-state index contributed by atoms with van der Waals surface area (Å²) in [6.45, 7) is 1.70. The second kappa shape index (κ2) is 7.92. The first-order valence-corrected chi connectivity index (χ1v) is 8.18. The molecule has 0 aliphatic carbocycles. The number of nitrogens with zero attached hydrogens (tertiary/aromatic N) is 1. The van der Waals surface area contributed by atoms with Crippen LogP contribution in [0.4, 0.5) is 18.9 Å². The monoisotopic (exact) mass is 390 g/mol. The summed E-state index contributed by atoms with van der Waals surface area (Å²) in [5.74, 6) is -0.117. The normalized spacial score (nSPS) is 12.6. The molecule has 0 bridgehead atoms. The van der Waals surface area contributed by atoms with Crippen LogP contribution in [0.25, 0.3) is 0 Å². The fourth-order valence-electron chi connectivity index (χ4n) is 2.27. The summed E-state index contributed by atoms with van der Waals surface area (Å²) in [5, 5.41) is 3.89. The number of rotatable bonds is 6. The Bertz CT molecular complexity index is 792. The zero-order chi connectivity index (χ0) is 19.5. The second-order valence-electron chi connectivity index (χ2n) is 5.14. The number of hydrogen-bond acceptors (Lipinski definition) is 7. The van der Waals surface area contributed by atoms with Gasteiger partial charge in [0, 0.05) is 18.1 Å². The summed E-state index contributed by atoms with van der Waals surface area (Å²) < 4.78 is 53.6.